The van der Waals surface area contributed by atoms with Crippen molar-refractivity contribution in [3.63, 3.8) is 0 Å². The molecule has 106 valence electrons. The first-order chi connectivity index (χ1) is 9.00. The molecule has 1 aliphatic heterocycles. The number of anilines is 1. The summed E-state index contributed by atoms with van der Waals surface area (Å²) in [5.74, 6) is 0.760. The van der Waals surface area contributed by atoms with Gasteiger partial charge in [0, 0.05) is 25.3 Å². The standard InChI is InChI=1S/C13H20N2O3S/c1-3-11-4-6-14-13(8-11)15(19(2,16)17)9-12-5-7-18-10-12/h4,6,8,12H,3,5,7,9-10H2,1-2H3. The number of aryl methyl sites for hydroxylation is 1. The van der Waals surface area contributed by atoms with Crippen LogP contribution in [-0.4, -0.2) is 39.4 Å². The van der Waals surface area contributed by atoms with Gasteiger partial charge < -0.3 is 4.74 Å². The van der Waals surface area contributed by atoms with Gasteiger partial charge in [0.1, 0.15) is 5.82 Å². The molecule has 0 radical (unpaired) electrons. The van der Waals surface area contributed by atoms with Gasteiger partial charge in [-0.1, -0.05) is 6.92 Å². The van der Waals surface area contributed by atoms with Crippen molar-refractivity contribution in [1.29, 1.82) is 0 Å². The second kappa shape index (κ2) is 5.88. The van der Waals surface area contributed by atoms with Gasteiger partial charge in [-0.3, -0.25) is 4.31 Å². The number of rotatable bonds is 5. The lowest BCUT2D eigenvalue weighted by atomic mass is 10.1. The van der Waals surface area contributed by atoms with E-state index in [-0.39, 0.29) is 5.92 Å². The van der Waals surface area contributed by atoms with E-state index in [0.717, 1.165) is 18.4 Å². The first-order valence-corrected chi connectivity index (χ1v) is 8.36. The number of sulfonamides is 1. The van der Waals surface area contributed by atoms with Gasteiger partial charge in [0.2, 0.25) is 10.0 Å². The molecular formula is C13H20N2O3S. The van der Waals surface area contributed by atoms with Gasteiger partial charge in [-0.05, 0) is 30.5 Å². The predicted molar refractivity (Wildman–Crippen MR) is 74.7 cm³/mol. The highest BCUT2D eigenvalue weighted by Gasteiger charge is 2.25. The number of aromatic nitrogens is 1. The van der Waals surface area contributed by atoms with E-state index < -0.39 is 10.0 Å². The lowest BCUT2D eigenvalue weighted by molar-refractivity contribution is 0.187. The molecule has 19 heavy (non-hydrogen) atoms. The minimum absolute atomic E-state index is 0.252. The maximum absolute atomic E-state index is 12.0. The zero-order valence-corrected chi connectivity index (χ0v) is 12.2. The van der Waals surface area contributed by atoms with Crippen molar-refractivity contribution >= 4 is 15.8 Å². The first kappa shape index (κ1) is 14.3. The molecule has 1 aromatic rings. The highest BCUT2D eigenvalue weighted by molar-refractivity contribution is 7.92. The molecule has 0 bridgehead atoms. The second-order valence-corrected chi connectivity index (χ2v) is 6.81. The van der Waals surface area contributed by atoms with E-state index >= 15 is 0 Å². The average Bonchev–Trinajstić information content (AvgIpc) is 2.87. The predicted octanol–water partition coefficient (Wildman–Crippen LogP) is 1.45. The lowest BCUT2D eigenvalue weighted by Crippen LogP contribution is -2.35. The third-order valence-corrected chi connectivity index (χ3v) is 4.46. The Hall–Kier alpha value is -1.14. The summed E-state index contributed by atoms with van der Waals surface area (Å²) >= 11 is 0. The Labute approximate surface area is 114 Å². The minimum atomic E-state index is -3.32. The Bertz CT molecular complexity index is 524. The van der Waals surface area contributed by atoms with Crippen molar-refractivity contribution in [2.24, 2.45) is 5.92 Å². The monoisotopic (exact) mass is 284 g/mol. The molecule has 0 saturated carbocycles. The molecule has 1 atom stereocenters. The van der Waals surface area contributed by atoms with Crippen molar-refractivity contribution in [2.75, 3.05) is 30.3 Å². The van der Waals surface area contributed by atoms with Crippen LogP contribution in [0.4, 0.5) is 5.82 Å². The second-order valence-electron chi connectivity index (χ2n) is 4.90. The molecule has 1 saturated heterocycles. The van der Waals surface area contributed by atoms with Crippen LogP contribution in [0.2, 0.25) is 0 Å². The summed E-state index contributed by atoms with van der Waals surface area (Å²) < 4.78 is 30.6. The molecular weight excluding hydrogens is 264 g/mol. The van der Waals surface area contributed by atoms with Crippen LogP contribution < -0.4 is 4.31 Å². The summed E-state index contributed by atoms with van der Waals surface area (Å²) in [4.78, 5) is 4.20. The smallest absolute Gasteiger partial charge is 0.233 e. The molecule has 0 amide bonds. The zero-order valence-electron chi connectivity index (χ0n) is 11.4. The van der Waals surface area contributed by atoms with E-state index in [0.29, 0.717) is 25.6 Å². The largest absolute Gasteiger partial charge is 0.381 e. The fourth-order valence-corrected chi connectivity index (χ4v) is 3.10. The summed E-state index contributed by atoms with van der Waals surface area (Å²) in [6, 6.07) is 3.75. The van der Waals surface area contributed by atoms with Gasteiger partial charge in [0.25, 0.3) is 0 Å². The lowest BCUT2D eigenvalue weighted by Gasteiger charge is -2.24. The molecule has 2 heterocycles. The Kier molecular flexibility index (Phi) is 4.42. The van der Waals surface area contributed by atoms with Crippen LogP contribution in [0.15, 0.2) is 18.3 Å². The van der Waals surface area contributed by atoms with Crippen molar-refractivity contribution < 1.29 is 13.2 Å². The van der Waals surface area contributed by atoms with Gasteiger partial charge in [-0.15, -0.1) is 0 Å². The first-order valence-electron chi connectivity index (χ1n) is 6.51. The molecule has 1 aromatic heterocycles. The summed E-state index contributed by atoms with van der Waals surface area (Å²) in [5, 5.41) is 0. The molecule has 6 heteroatoms. The van der Waals surface area contributed by atoms with Gasteiger partial charge in [-0.25, -0.2) is 13.4 Å². The van der Waals surface area contributed by atoms with Crippen LogP contribution in [0.5, 0.6) is 0 Å². The van der Waals surface area contributed by atoms with Gasteiger partial charge >= 0.3 is 0 Å². The number of pyridine rings is 1. The summed E-state index contributed by atoms with van der Waals surface area (Å²) in [5.41, 5.74) is 1.08. The van der Waals surface area contributed by atoms with E-state index in [2.05, 4.69) is 4.98 Å². The molecule has 5 nitrogen and oxygen atoms in total. The Balaban J connectivity index is 2.26. The molecule has 1 aliphatic rings. The number of ether oxygens (including phenoxy) is 1. The number of nitrogens with zero attached hydrogens (tertiary/aromatic N) is 2. The van der Waals surface area contributed by atoms with Gasteiger partial charge in [0.05, 0.1) is 12.9 Å². The van der Waals surface area contributed by atoms with Crippen LogP contribution in [0.1, 0.15) is 18.9 Å². The van der Waals surface area contributed by atoms with E-state index in [1.54, 1.807) is 6.20 Å². The van der Waals surface area contributed by atoms with E-state index in [1.165, 1.54) is 10.6 Å². The average molecular weight is 284 g/mol. The fraction of sp³-hybridized carbons (Fsp3) is 0.615. The topological polar surface area (TPSA) is 59.5 Å². The Morgan fingerprint density at radius 3 is 2.89 bits per heavy atom. The van der Waals surface area contributed by atoms with Crippen LogP contribution in [-0.2, 0) is 21.2 Å². The van der Waals surface area contributed by atoms with Crippen molar-refractivity contribution in [3.05, 3.63) is 23.9 Å². The number of hydrogen-bond acceptors (Lipinski definition) is 4. The third-order valence-electron chi connectivity index (χ3n) is 3.32. The molecule has 1 unspecified atom stereocenters. The Morgan fingerprint density at radius 2 is 2.32 bits per heavy atom. The Morgan fingerprint density at radius 1 is 1.53 bits per heavy atom. The van der Waals surface area contributed by atoms with Crippen LogP contribution >= 0.6 is 0 Å². The maximum Gasteiger partial charge on any atom is 0.233 e. The molecule has 1 fully saturated rings. The van der Waals surface area contributed by atoms with E-state index in [1.807, 2.05) is 19.1 Å². The molecule has 0 N–H and O–H groups in total. The number of hydrogen-bond donors (Lipinski definition) is 0. The summed E-state index contributed by atoms with van der Waals surface area (Å²) in [6.07, 6.45) is 4.65. The minimum Gasteiger partial charge on any atom is -0.381 e. The highest BCUT2D eigenvalue weighted by atomic mass is 32.2. The van der Waals surface area contributed by atoms with Gasteiger partial charge in [-0.2, -0.15) is 0 Å². The molecule has 0 aliphatic carbocycles. The van der Waals surface area contributed by atoms with E-state index in [9.17, 15) is 8.42 Å². The molecule has 0 spiro atoms. The molecule has 0 aromatic carbocycles. The van der Waals surface area contributed by atoms with Crippen molar-refractivity contribution in [1.82, 2.24) is 4.98 Å². The zero-order chi connectivity index (χ0) is 13.9. The maximum atomic E-state index is 12.0. The van der Waals surface area contributed by atoms with Crippen LogP contribution in [0, 0.1) is 5.92 Å². The van der Waals surface area contributed by atoms with Crippen molar-refractivity contribution in [2.45, 2.75) is 19.8 Å². The normalized spacial score (nSPS) is 19.6. The van der Waals surface area contributed by atoms with Gasteiger partial charge in [0.15, 0.2) is 0 Å². The summed E-state index contributed by atoms with van der Waals surface area (Å²) in [6.45, 7) is 3.82. The quantitative estimate of drug-likeness (QED) is 0.821. The fourth-order valence-electron chi connectivity index (χ4n) is 2.18. The van der Waals surface area contributed by atoms with E-state index in [4.69, 9.17) is 4.74 Å². The molecule has 2 rings (SSSR count). The van der Waals surface area contributed by atoms with Crippen molar-refractivity contribution in [3.8, 4) is 0 Å². The van der Waals surface area contributed by atoms with Crippen LogP contribution in [0.3, 0.4) is 0 Å². The SMILES string of the molecule is CCc1ccnc(N(CC2CCOC2)S(C)(=O)=O)c1. The highest BCUT2D eigenvalue weighted by Crippen LogP contribution is 2.21. The third kappa shape index (κ3) is 3.67. The van der Waals surface area contributed by atoms with Crippen LogP contribution in [0.25, 0.3) is 0 Å². The summed E-state index contributed by atoms with van der Waals surface area (Å²) in [7, 11) is -3.32.